The molecular formula is C16H13F2N3O. The van der Waals surface area contributed by atoms with Crippen LogP contribution in [0.2, 0.25) is 0 Å². The van der Waals surface area contributed by atoms with Crippen LogP contribution in [0.15, 0.2) is 42.5 Å². The van der Waals surface area contributed by atoms with Crippen LogP contribution in [-0.2, 0) is 0 Å². The highest BCUT2D eigenvalue weighted by atomic mass is 19.2. The molecule has 0 fully saturated rings. The van der Waals surface area contributed by atoms with Crippen LogP contribution in [0.1, 0.15) is 29.0 Å². The molecule has 1 unspecified atom stereocenters. The van der Waals surface area contributed by atoms with E-state index in [-0.39, 0.29) is 11.6 Å². The summed E-state index contributed by atoms with van der Waals surface area (Å²) in [5, 5.41) is 10.2. The summed E-state index contributed by atoms with van der Waals surface area (Å²) in [6.07, 6.45) is 0. The van der Waals surface area contributed by atoms with Crippen LogP contribution in [0.3, 0.4) is 0 Å². The van der Waals surface area contributed by atoms with Gasteiger partial charge in [-0.3, -0.25) is 9.89 Å². The van der Waals surface area contributed by atoms with Gasteiger partial charge in [-0.25, -0.2) is 8.78 Å². The van der Waals surface area contributed by atoms with Crippen LogP contribution in [0.5, 0.6) is 0 Å². The number of hydrogen-bond acceptors (Lipinski definition) is 2. The Balaban J connectivity index is 1.83. The van der Waals surface area contributed by atoms with Gasteiger partial charge in [0.05, 0.1) is 11.6 Å². The van der Waals surface area contributed by atoms with E-state index >= 15 is 0 Å². The smallest absolute Gasteiger partial charge is 0.272 e. The number of benzene rings is 2. The summed E-state index contributed by atoms with van der Waals surface area (Å²) in [5.74, 6) is -2.24. The second-order valence-electron chi connectivity index (χ2n) is 4.99. The highest BCUT2D eigenvalue weighted by molar-refractivity contribution is 6.04. The number of aromatic nitrogens is 2. The lowest BCUT2D eigenvalue weighted by molar-refractivity contribution is 0.0936. The molecule has 0 aliphatic rings. The molecule has 0 saturated carbocycles. The number of amides is 1. The van der Waals surface area contributed by atoms with Gasteiger partial charge in [0, 0.05) is 5.39 Å². The fourth-order valence-corrected chi connectivity index (χ4v) is 2.27. The van der Waals surface area contributed by atoms with Crippen LogP contribution >= 0.6 is 0 Å². The summed E-state index contributed by atoms with van der Waals surface area (Å²) in [4.78, 5) is 12.3. The molecule has 0 radical (unpaired) electrons. The van der Waals surface area contributed by atoms with Crippen molar-refractivity contribution in [3.8, 4) is 0 Å². The van der Waals surface area contributed by atoms with E-state index in [4.69, 9.17) is 0 Å². The van der Waals surface area contributed by atoms with Crippen molar-refractivity contribution >= 4 is 16.8 Å². The molecule has 4 nitrogen and oxygen atoms in total. The van der Waals surface area contributed by atoms with Crippen molar-refractivity contribution in [3.05, 3.63) is 65.4 Å². The van der Waals surface area contributed by atoms with Gasteiger partial charge in [0.15, 0.2) is 17.3 Å². The Labute approximate surface area is 125 Å². The van der Waals surface area contributed by atoms with Crippen molar-refractivity contribution in [3.63, 3.8) is 0 Å². The lowest BCUT2D eigenvalue weighted by Crippen LogP contribution is -2.27. The van der Waals surface area contributed by atoms with Gasteiger partial charge in [-0.1, -0.05) is 24.3 Å². The minimum atomic E-state index is -0.941. The summed E-state index contributed by atoms with van der Waals surface area (Å²) >= 11 is 0. The SMILES string of the molecule is CC(NC(=O)c1n[nH]c2ccccc12)c1ccc(F)c(F)c1. The third-order valence-electron chi connectivity index (χ3n) is 3.48. The van der Waals surface area contributed by atoms with Crippen molar-refractivity contribution < 1.29 is 13.6 Å². The molecule has 0 spiro atoms. The summed E-state index contributed by atoms with van der Waals surface area (Å²) in [6.45, 7) is 1.69. The van der Waals surface area contributed by atoms with E-state index in [0.717, 1.165) is 17.6 Å². The van der Waals surface area contributed by atoms with Gasteiger partial charge >= 0.3 is 0 Å². The Hall–Kier alpha value is -2.76. The lowest BCUT2D eigenvalue weighted by Gasteiger charge is -2.13. The number of rotatable bonds is 3. The molecule has 6 heteroatoms. The normalized spacial score (nSPS) is 12.3. The molecular weight excluding hydrogens is 288 g/mol. The van der Waals surface area contributed by atoms with Crippen LogP contribution < -0.4 is 5.32 Å². The fourth-order valence-electron chi connectivity index (χ4n) is 2.27. The Morgan fingerprint density at radius 3 is 2.73 bits per heavy atom. The first kappa shape index (κ1) is 14.2. The highest BCUT2D eigenvalue weighted by Gasteiger charge is 2.17. The molecule has 2 aromatic carbocycles. The molecule has 3 aromatic rings. The van der Waals surface area contributed by atoms with E-state index in [0.29, 0.717) is 10.9 Å². The number of carbonyl (C=O) groups is 1. The zero-order valence-electron chi connectivity index (χ0n) is 11.7. The quantitative estimate of drug-likeness (QED) is 0.779. The number of hydrogen-bond donors (Lipinski definition) is 2. The summed E-state index contributed by atoms with van der Waals surface area (Å²) in [6, 6.07) is 10.3. The third-order valence-corrected chi connectivity index (χ3v) is 3.48. The highest BCUT2D eigenvalue weighted by Crippen LogP contribution is 2.19. The number of aromatic amines is 1. The zero-order valence-corrected chi connectivity index (χ0v) is 11.7. The first-order valence-corrected chi connectivity index (χ1v) is 6.75. The van der Waals surface area contributed by atoms with E-state index in [1.165, 1.54) is 6.07 Å². The number of H-pyrrole nitrogens is 1. The summed E-state index contributed by atoms with van der Waals surface area (Å²) in [7, 11) is 0. The molecule has 1 heterocycles. The summed E-state index contributed by atoms with van der Waals surface area (Å²) < 4.78 is 26.2. The minimum Gasteiger partial charge on any atom is -0.344 e. The Morgan fingerprint density at radius 2 is 1.95 bits per heavy atom. The topological polar surface area (TPSA) is 57.8 Å². The average Bonchev–Trinajstić information content (AvgIpc) is 2.94. The first-order chi connectivity index (χ1) is 10.6. The van der Waals surface area contributed by atoms with Crippen molar-refractivity contribution in [2.75, 3.05) is 0 Å². The van der Waals surface area contributed by atoms with Crippen LogP contribution in [-0.4, -0.2) is 16.1 Å². The second kappa shape index (κ2) is 5.55. The number of nitrogens with one attached hydrogen (secondary N) is 2. The van der Waals surface area contributed by atoms with Crippen molar-refractivity contribution in [2.45, 2.75) is 13.0 Å². The van der Waals surface area contributed by atoms with Gasteiger partial charge < -0.3 is 5.32 Å². The number of halogens is 2. The minimum absolute atomic E-state index is 0.269. The predicted octanol–water partition coefficient (Wildman–Crippen LogP) is 3.33. The molecule has 3 rings (SSSR count). The number of para-hydroxylation sites is 1. The molecule has 1 amide bonds. The molecule has 0 aliphatic carbocycles. The van der Waals surface area contributed by atoms with Gasteiger partial charge in [-0.2, -0.15) is 5.10 Å². The van der Waals surface area contributed by atoms with Gasteiger partial charge in [0.2, 0.25) is 0 Å². The number of carbonyl (C=O) groups excluding carboxylic acids is 1. The molecule has 1 atom stereocenters. The van der Waals surface area contributed by atoms with E-state index in [9.17, 15) is 13.6 Å². The standard InChI is InChI=1S/C16H13F2N3O/c1-9(10-6-7-12(17)13(18)8-10)19-16(22)15-11-4-2-3-5-14(11)20-21-15/h2-9H,1H3,(H,19,22)(H,20,21). The maximum atomic E-state index is 13.3. The summed E-state index contributed by atoms with van der Waals surface area (Å²) in [5.41, 5.74) is 1.50. The molecule has 2 N–H and O–H groups in total. The first-order valence-electron chi connectivity index (χ1n) is 6.75. The molecule has 0 aliphatic heterocycles. The average molecular weight is 301 g/mol. The maximum absolute atomic E-state index is 13.3. The number of nitrogens with zero attached hydrogens (tertiary/aromatic N) is 1. The molecule has 22 heavy (non-hydrogen) atoms. The predicted molar refractivity (Wildman–Crippen MR) is 78.3 cm³/mol. The van der Waals surface area contributed by atoms with Crippen LogP contribution in [0.25, 0.3) is 10.9 Å². The number of fused-ring (bicyclic) bond motifs is 1. The Morgan fingerprint density at radius 1 is 1.18 bits per heavy atom. The molecule has 0 bridgehead atoms. The fraction of sp³-hybridized carbons (Fsp3) is 0.125. The Bertz CT molecular complexity index is 844. The van der Waals surface area contributed by atoms with Gasteiger partial charge in [0.25, 0.3) is 5.91 Å². The maximum Gasteiger partial charge on any atom is 0.272 e. The van der Waals surface area contributed by atoms with Crippen molar-refractivity contribution in [1.29, 1.82) is 0 Å². The van der Waals surface area contributed by atoms with Gasteiger partial charge in [0.1, 0.15) is 0 Å². The molecule has 112 valence electrons. The third kappa shape index (κ3) is 2.55. The monoisotopic (exact) mass is 301 g/mol. The lowest BCUT2D eigenvalue weighted by atomic mass is 10.1. The zero-order chi connectivity index (χ0) is 15.7. The van der Waals surface area contributed by atoms with Crippen molar-refractivity contribution in [2.24, 2.45) is 0 Å². The largest absolute Gasteiger partial charge is 0.344 e. The van der Waals surface area contributed by atoms with Gasteiger partial charge in [-0.15, -0.1) is 0 Å². The van der Waals surface area contributed by atoms with Gasteiger partial charge in [-0.05, 0) is 30.7 Å². The molecule has 1 aromatic heterocycles. The Kier molecular flexibility index (Phi) is 3.58. The van der Waals surface area contributed by atoms with E-state index in [1.54, 1.807) is 13.0 Å². The van der Waals surface area contributed by atoms with Crippen molar-refractivity contribution in [1.82, 2.24) is 15.5 Å². The van der Waals surface area contributed by atoms with Crippen LogP contribution in [0, 0.1) is 11.6 Å². The van der Waals surface area contributed by atoms with E-state index in [2.05, 4.69) is 15.5 Å². The second-order valence-corrected chi connectivity index (χ2v) is 4.99. The van der Waals surface area contributed by atoms with Crippen LogP contribution in [0.4, 0.5) is 8.78 Å². The molecule has 0 saturated heterocycles. The van der Waals surface area contributed by atoms with E-state index in [1.807, 2.05) is 18.2 Å². The van der Waals surface area contributed by atoms with E-state index < -0.39 is 17.7 Å².